The smallest absolute Gasteiger partial charge is 0.340 e. The Morgan fingerprint density at radius 2 is 2.33 bits per heavy atom. The molecular weight excluding hydrogens is 258 g/mol. The van der Waals surface area contributed by atoms with Crippen molar-refractivity contribution in [2.45, 2.75) is 18.9 Å². The first-order valence-electron chi connectivity index (χ1n) is 4.48. The highest BCUT2D eigenvalue weighted by Crippen LogP contribution is 2.32. The summed E-state index contributed by atoms with van der Waals surface area (Å²) in [5.41, 5.74) is 0.337. The maximum Gasteiger partial charge on any atom is 0.340 e. The van der Waals surface area contributed by atoms with Crippen LogP contribution in [0.3, 0.4) is 0 Å². The molecule has 1 atom stereocenters. The number of hydrogen-bond acceptors (Lipinski definition) is 3. The molecule has 1 heterocycles. The quantitative estimate of drug-likeness (QED) is 0.677. The number of halogens is 1. The molecule has 0 saturated heterocycles. The summed E-state index contributed by atoms with van der Waals surface area (Å²) >= 11 is 3.37. The van der Waals surface area contributed by atoms with Crippen molar-refractivity contribution >= 4 is 21.9 Å². The number of carbonyl (C=O) groups is 1. The maximum atomic E-state index is 11.6. The summed E-state index contributed by atoms with van der Waals surface area (Å²) in [4.78, 5) is 11.6. The van der Waals surface area contributed by atoms with Crippen LogP contribution in [0.1, 0.15) is 22.8 Å². The average Bonchev–Trinajstić information content (AvgIpc) is 2.20. The van der Waals surface area contributed by atoms with Crippen LogP contribution in [0.15, 0.2) is 22.7 Å². The van der Waals surface area contributed by atoms with Crippen molar-refractivity contribution in [3.05, 3.63) is 33.8 Å². The number of ether oxygens (including phenoxy) is 1. The highest BCUT2D eigenvalue weighted by molar-refractivity contribution is 9.10. The molecule has 0 aliphatic carbocycles. The minimum Gasteiger partial charge on any atom is -0.440 e. The molecular formula is C11H8BrNO2. The van der Waals surface area contributed by atoms with E-state index in [1.54, 1.807) is 19.1 Å². The van der Waals surface area contributed by atoms with Crippen LogP contribution < -0.4 is 0 Å². The van der Waals surface area contributed by atoms with Gasteiger partial charge in [-0.25, -0.2) is 4.79 Å². The van der Waals surface area contributed by atoms with Gasteiger partial charge in [-0.15, -0.1) is 0 Å². The Morgan fingerprint density at radius 3 is 3.00 bits per heavy atom. The lowest BCUT2D eigenvalue weighted by atomic mass is 9.91. The van der Waals surface area contributed by atoms with Gasteiger partial charge in [-0.1, -0.05) is 22.0 Å². The van der Waals surface area contributed by atoms with Gasteiger partial charge in [-0.2, -0.15) is 5.26 Å². The zero-order valence-corrected chi connectivity index (χ0v) is 9.67. The Morgan fingerprint density at radius 1 is 1.60 bits per heavy atom. The van der Waals surface area contributed by atoms with E-state index in [1.807, 2.05) is 12.1 Å². The number of nitriles is 1. The van der Waals surface area contributed by atoms with Crippen molar-refractivity contribution in [2.24, 2.45) is 0 Å². The second kappa shape index (κ2) is 3.35. The fraction of sp³-hybridized carbons (Fsp3) is 0.273. The molecule has 0 aromatic heterocycles. The van der Waals surface area contributed by atoms with Gasteiger partial charge in [-0.3, -0.25) is 0 Å². The lowest BCUT2D eigenvalue weighted by Gasteiger charge is -2.28. The largest absolute Gasteiger partial charge is 0.440 e. The monoisotopic (exact) mass is 265 g/mol. The normalized spacial score (nSPS) is 23.9. The highest BCUT2D eigenvalue weighted by Gasteiger charge is 2.37. The van der Waals surface area contributed by atoms with Crippen LogP contribution in [-0.2, 0) is 11.2 Å². The molecule has 0 saturated carbocycles. The minimum absolute atomic E-state index is 0.423. The van der Waals surface area contributed by atoms with Gasteiger partial charge < -0.3 is 4.74 Å². The number of hydrogen-bond donors (Lipinski definition) is 0. The van der Waals surface area contributed by atoms with Crippen LogP contribution in [0.2, 0.25) is 0 Å². The van der Waals surface area contributed by atoms with E-state index < -0.39 is 11.6 Å². The zero-order valence-electron chi connectivity index (χ0n) is 8.08. The number of esters is 1. The summed E-state index contributed by atoms with van der Waals surface area (Å²) in [6.45, 7) is 1.62. The van der Waals surface area contributed by atoms with Gasteiger partial charge in [0.05, 0.1) is 5.56 Å². The zero-order chi connectivity index (χ0) is 11.1. The SMILES string of the molecule is CC1(C#N)Cc2c(Br)cccc2C(=O)O1. The first-order valence-corrected chi connectivity index (χ1v) is 5.27. The molecule has 1 aromatic rings. The molecule has 76 valence electrons. The molecule has 0 fully saturated rings. The van der Waals surface area contributed by atoms with Gasteiger partial charge in [-0.05, 0) is 24.6 Å². The summed E-state index contributed by atoms with van der Waals surface area (Å²) in [5, 5.41) is 8.94. The fourth-order valence-electron chi connectivity index (χ4n) is 1.62. The van der Waals surface area contributed by atoms with Crippen LogP contribution >= 0.6 is 15.9 Å². The van der Waals surface area contributed by atoms with Crippen molar-refractivity contribution < 1.29 is 9.53 Å². The Hall–Kier alpha value is -1.34. The Bertz CT molecular complexity index is 478. The number of nitrogens with zero attached hydrogens (tertiary/aromatic N) is 1. The predicted molar refractivity (Wildman–Crippen MR) is 57.3 cm³/mol. The summed E-state index contributed by atoms with van der Waals surface area (Å²) in [5.74, 6) is -0.429. The Kier molecular flexibility index (Phi) is 2.28. The third kappa shape index (κ3) is 1.64. The van der Waals surface area contributed by atoms with Gasteiger partial charge in [0.25, 0.3) is 0 Å². The number of fused-ring (bicyclic) bond motifs is 1. The van der Waals surface area contributed by atoms with Crippen molar-refractivity contribution in [1.82, 2.24) is 0 Å². The molecule has 1 unspecified atom stereocenters. The molecule has 4 heteroatoms. The van der Waals surface area contributed by atoms with E-state index in [0.29, 0.717) is 12.0 Å². The van der Waals surface area contributed by atoms with Gasteiger partial charge in [0, 0.05) is 10.9 Å². The predicted octanol–water partition coefficient (Wildman–Crippen LogP) is 2.44. The van der Waals surface area contributed by atoms with Crippen LogP contribution in [0.5, 0.6) is 0 Å². The molecule has 0 bridgehead atoms. The van der Waals surface area contributed by atoms with E-state index in [1.165, 1.54) is 0 Å². The van der Waals surface area contributed by atoms with Crippen molar-refractivity contribution in [2.75, 3.05) is 0 Å². The van der Waals surface area contributed by atoms with Crippen LogP contribution in [0, 0.1) is 11.3 Å². The van der Waals surface area contributed by atoms with E-state index >= 15 is 0 Å². The lowest BCUT2D eigenvalue weighted by Crippen LogP contribution is -2.37. The third-order valence-electron chi connectivity index (χ3n) is 2.41. The fourth-order valence-corrected chi connectivity index (χ4v) is 2.13. The molecule has 0 spiro atoms. The van der Waals surface area contributed by atoms with Crippen LogP contribution in [0.25, 0.3) is 0 Å². The molecule has 1 aromatic carbocycles. The summed E-state index contributed by atoms with van der Waals surface area (Å²) < 4.78 is 5.93. The molecule has 1 aliphatic heterocycles. The maximum absolute atomic E-state index is 11.6. The third-order valence-corrected chi connectivity index (χ3v) is 3.15. The molecule has 15 heavy (non-hydrogen) atoms. The molecule has 0 N–H and O–H groups in total. The van der Waals surface area contributed by atoms with E-state index in [2.05, 4.69) is 15.9 Å². The highest BCUT2D eigenvalue weighted by atomic mass is 79.9. The van der Waals surface area contributed by atoms with Gasteiger partial charge in [0.1, 0.15) is 6.07 Å². The first kappa shape index (κ1) is 10.2. The first-order chi connectivity index (χ1) is 7.06. The molecule has 0 amide bonds. The van der Waals surface area contributed by atoms with Gasteiger partial charge in [0.2, 0.25) is 0 Å². The van der Waals surface area contributed by atoms with Crippen molar-refractivity contribution in [3.8, 4) is 6.07 Å². The second-order valence-corrected chi connectivity index (χ2v) is 4.53. The van der Waals surface area contributed by atoms with Gasteiger partial charge >= 0.3 is 5.97 Å². The number of benzene rings is 1. The Labute approximate surface area is 95.8 Å². The number of rotatable bonds is 0. The number of cyclic esters (lactones) is 1. The summed E-state index contributed by atoms with van der Waals surface area (Å²) in [6.07, 6.45) is 0.423. The van der Waals surface area contributed by atoms with Gasteiger partial charge in [0.15, 0.2) is 5.60 Å². The minimum atomic E-state index is -1.05. The van der Waals surface area contributed by atoms with E-state index in [9.17, 15) is 4.79 Å². The van der Waals surface area contributed by atoms with E-state index in [0.717, 1.165) is 10.0 Å². The van der Waals surface area contributed by atoms with E-state index in [-0.39, 0.29) is 0 Å². The number of carbonyl (C=O) groups excluding carboxylic acids is 1. The van der Waals surface area contributed by atoms with Crippen molar-refractivity contribution in [1.29, 1.82) is 5.26 Å². The molecule has 2 rings (SSSR count). The van der Waals surface area contributed by atoms with Crippen LogP contribution in [0.4, 0.5) is 0 Å². The van der Waals surface area contributed by atoms with E-state index in [4.69, 9.17) is 10.00 Å². The molecule has 1 aliphatic rings. The molecule has 3 nitrogen and oxygen atoms in total. The topological polar surface area (TPSA) is 50.1 Å². The molecule has 0 radical (unpaired) electrons. The standard InChI is InChI=1S/C11H8BrNO2/c1-11(6-13)5-8-7(10(14)15-11)3-2-4-9(8)12/h2-4H,5H2,1H3. The summed E-state index contributed by atoms with van der Waals surface area (Å²) in [7, 11) is 0. The average molecular weight is 266 g/mol. The van der Waals surface area contributed by atoms with Crippen LogP contribution in [-0.4, -0.2) is 11.6 Å². The Balaban J connectivity index is 2.57. The lowest BCUT2D eigenvalue weighted by molar-refractivity contribution is 0.00840. The van der Waals surface area contributed by atoms with Crippen molar-refractivity contribution in [3.63, 3.8) is 0 Å². The summed E-state index contributed by atoms with van der Waals surface area (Å²) in [6, 6.07) is 7.36. The second-order valence-electron chi connectivity index (χ2n) is 3.67.